The van der Waals surface area contributed by atoms with Crippen LogP contribution in [0.4, 0.5) is 25.1 Å². The number of rotatable bonds is 9. The average molecular weight is 563 g/mol. The van der Waals surface area contributed by atoms with Crippen LogP contribution in [0.1, 0.15) is 17.5 Å². The minimum Gasteiger partial charge on any atom is -0.497 e. The largest absolute Gasteiger partial charge is 0.497 e. The lowest BCUT2D eigenvalue weighted by atomic mass is 10.1. The van der Waals surface area contributed by atoms with Gasteiger partial charge in [-0.05, 0) is 55.3 Å². The Labute approximate surface area is 224 Å². The van der Waals surface area contributed by atoms with Crippen molar-refractivity contribution in [3.05, 3.63) is 71.4 Å². The van der Waals surface area contributed by atoms with Crippen molar-refractivity contribution in [2.75, 3.05) is 36.9 Å². The first-order valence-electron chi connectivity index (χ1n) is 11.9. The molecule has 1 aliphatic rings. The van der Waals surface area contributed by atoms with Crippen molar-refractivity contribution in [2.24, 2.45) is 0 Å². The fourth-order valence-corrected chi connectivity index (χ4v) is 5.89. The Bertz CT molecular complexity index is 1490. The summed E-state index contributed by atoms with van der Waals surface area (Å²) >= 11 is 0. The molecule has 10 nitrogen and oxygen atoms in total. The van der Waals surface area contributed by atoms with Crippen molar-refractivity contribution < 1.29 is 36.6 Å². The van der Waals surface area contributed by atoms with Gasteiger partial charge in [0.1, 0.15) is 28.0 Å². The van der Waals surface area contributed by atoms with Gasteiger partial charge in [0, 0.05) is 36.4 Å². The lowest BCUT2D eigenvalue weighted by molar-refractivity contribution is 0.155. The number of carboxylic acid groups (broad SMARTS) is 1. The number of ether oxygens (including phenoxy) is 2. The number of likely N-dealkylation sites (tertiary alicyclic amines) is 1. The molecule has 39 heavy (non-hydrogen) atoms. The number of carbonyl (C=O) groups is 1. The molecule has 2 aromatic carbocycles. The summed E-state index contributed by atoms with van der Waals surface area (Å²) in [7, 11) is -1.72. The second-order valence-corrected chi connectivity index (χ2v) is 10.8. The molecule has 1 aromatic heterocycles. The Balaban J connectivity index is 1.71. The number of methoxy groups -OCH3 is 2. The number of sulfonamides is 1. The Morgan fingerprint density at radius 3 is 2.59 bits per heavy atom. The summed E-state index contributed by atoms with van der Waals surface area (Å²) in [6.07, 6.45) is -0.515. The zero-order valence-corrected chi connectivity index (χ0v) is 22.3. The van der Waals surface area contributed by atoms with E-state index in [1.165, 1.54) is 37.3 Å². The first-order chi connectivity index (χ1) is 18.5. The molecule has 0 radical (unpaired) electrons. The first kappa shape index (κ1) is 27.9. The van der Waals surface area contributed by atoms with Crippen molar-refractivity contribution in [2.45, 2.75) is 30.8 Å². The molecule has 2 N–H and O–H groups in total. The third kappa shape index (κ3) is 5.98. The van der Waals surface area contributed by atoms with Crippen LogP contribution < -0.4 is 19.1 Å². The normalized spacial score (nSPS) is 15.2. The van der Waals surface area contributed by atoms with Gasteiger partial charge < -0.3 is 24.8 Å². The molecule has 4 rings (SSSR count). The highest BCUT2D eigenvalue weighted by molar-refractivity contribution is 7.92. The van der Waals surface area contributed by atoms with E-state index in [1.54, 1.807) is 25.1 Å². The number of aromatic nitrogens is 1. The summed E-state index contributed by atoms with van der Waals surface area (Å²) in [5.74, 6) is -1.38. The number of pyridine rings is 1. The Hall–Kier alpha value is -4.13. The number of amides is 1. The number of benzene rings is 2. The van der Waals surface area contributed by atoms with Gasteiger partial charge in [0.05, 0.1) is 20.8 Å². The van der Waals surface area contributed by atoms with Crippen LogP contribution in [0.5, 0.6) is 11.5 Å². The Kier molecular flexibility index (Phi) is 8.09. The molecule has 3 aromatic rings. The van der Waals surface area contributed by atoms with Crippen LogP contribution in [0, 0.1) is 18.7 Å². The first-order valence-corrected chi connectivity index (χ1v) is 13.4. The zero-order chi connectivity index (χ0) is 28.3. The highest BCUT2D eigenvalue weighted by Gasteiger charge is 2.32. The quantitative estimate of drug-likeness (QED) is 0.372. The van der Waals surface area contributed by atoms with Gasteiger partial charge in [-0.3, -0.25) is 0 Å². The number of halogens is 2. The summed E-state index contributed by atoms with van der Waals surface area (Å²) in [6.45, 7) is 1.84. The van der Waals surface area contributed by atoms with E-state index in [2.05, 4.69) is 10.3 Å². The highest BCUT2D eigenvalue weighted by Crippen LogP contribution is 2.33. The fraction of sp³-hybridized carbons (Fsp3) is 0.308. The summed E-state index contributed by atoms with van der Waals surface area (Å²) in [5.41, 5.74) is 1.18. The van der Waals surface area contributed by atoms with E-state index in [4.69, 9.17) is 9.47 Å². The van der Waals surface area contributed by atoms with E-state index >= 15 is 4.39 Å². The molecule has 1 amide bonds. The Morgan fingerprint density at radius 1 is 1.18 bits per heavy atom. The van der Waals surface area contributed by atoms with E-state index in [0.29, 0.717) is 41.3 Å². The number of hydrogen-bond donors (Lipinski definition) is 2. The van der Waals surface area contributed by atoms with Crippen molar-refractivity contribution in [3.63, 3.8) is 0 Å². The van der Waals surface area contributed by atoms with Crippen LogP contribution in [0.3, 0.4) is 0 Å². The minimum atomic E-state index is -4.60. The van der Waals surface area contributed by atoms with Crippen molar-refractivity contribution in [1.29, 1.82) is 0 Å². The van der Waals surface area contributed by atoms with Gasteiger partial charge in [0.15, 0.2) is 0 Å². The zero-order valence-electron chi connectivity index (χ0n) is 21.5. The smallest absolute Gasteiger partial charge is 0.407 e. The highest BCUT2D eigenvalue weighted by atomic mass is 32.2. The van der Waals surface area contributed by atoms with Gasteiger partial charge in [-0.2, -0.15) is 4.39 Å². The molecule has 1 saturated heterocycles. The van der Waals surface area contributed by atoms with Crippen LogP contribution in [-0.4, -0.2) is 62.9 Å². The molecule has 13 heteroatoms. The van der Waals surface area contributed by atoms with Crippen molar-refractivity contribution in [1.82, 2.24) is 9.88 Å². The van der Waals surface area contributed by atoms with Gasteiger partial charge in [0.2, 0.25) is 5.95 Å². The summed E-state index contributed by atoms with van der Waals surface area (Å²) < 4.78 is 68.7. The molecule has 0 aliphatic carbocycles. The molecule has 2 heterocycles. The SMILES string of the molecule is COc1ccc(CN(c2cccc(F)n2)S(=O)(=O)c2cc(C)c(N[C@H]3CCN(C(=O)O)C3)cc2F)c(OC)c1. The predicted molar refractivity (Wildman–Crippen MR) is 140 cm³/mol. The third-order valence-electron chi connectivity index (χ3n) is 6.43. The molecule has 0 spiro atoms. The molecular formula is C26H28F2N4O6S. The Morgan fingerprint density at radius 2 is 1.95 bits per heavy atom. The van der Waals surface area contributed by atoms with Crippen LogP contribution >= 0.6 is 0 Å². The maximum absolute atomic E-state index is 15.5. The molecule has 0 bridgehead atoms. The van der Waals surface area contributed by atoms with Crippen LogP contribution in [0.2, 0.25) is 0 Å². The fourth-order valence-electron chi connectivity index (χ4n) is 4.36. The number of aryl methyl sites for hydroxylation is 1. The van der Waals surface area contributed by atoms with Gasteiger partial charge in [-0.25, -0.2) is 26.9 Å². The molecule has 208 valence electrons. The average Bonchev–Trinajstić information content (AvgIpc) is 3.38. The van der Waals surface area contributed by atoms with E-state index in [-0.39, 0.29) is 24.9 Å². The molecule has 1 aliphatic heterocycles. The van der Waals surface area contributed by atoms with Crippen LogP contribution in [0.15, 0.2) is 53.4 Å². The predicted octanol–water partition coefficient (Wildman–Crippen LogP) is 4.25. The molecule has 0 saturated carbocycles. The summed E-state index contributed by atoms with van der Waals surface area (Å²) in [5, 5.41) is 12.3. The molecular weight excluding hydrogens is 534 g/mol. The topological polar surface area (TPSA) is 121 Å². The molecule has 1 fully saturated rings. The van der Waals surface area contributed by atoms with Crippen molar-refractivity contribution in [3.8, 4) is 11.5 Å². The van der Waals surface area contributed by atoms with E-state index in [9.17, 15) is 22.7 Å². The van der Waals surface area contributed by atoms with Gasteiger partial charge >= 0.3 is 6.09 Å². The molecule has 0 unspecified atom stereocenters. The lowest BCUT2D eigenvalue weighted by Crippen LogP contribution is -2.32. The number of hydrogen-bond acceptors (Lipinski definition) is 7. The van der Waals surface area contributed by atoms with Gasteiger partial charge in [0.25, 0.3) is 10.0 Å². The second-order valence-electron chi connectivity index (χ2n) is 8.96. The summed E-state index contributed by atoms with van der Waals surface area (Å²) in [6, 6.07) is 10.5. The van der Waals surface area contributed by atoms with E-state index < -0.39 is 32.8 Å². The summed E-state index contributed by atoms with van der Waals surface area (Å²) in [4.78, 5) is 15.6. The maximum atomic E-state index is 15.5. The number of nitrogens with zero attached hydrogens (tertiary/aromatic N) is 3. The van der Waals surface area contributed by atoms with E-state index in [1.807, 2.05) is 0 Å². The van der Waals surface area contributed by atoms with Gasteiger partial charge in [-0.15, -0.1) is 0 Å². The van der Waals surface area contributed by atoms with Crippen LogP contribution in [-0.2, 0) is 16.6 Å². The number of anilines is 2. The lowest BCUT2D eigenvalue weighted by Gasteiger charge is -2.25. The maximum Gasteiger partial charge on any atom is 0.407 e. The minimum absolute atomic E-state index is 0.221. The van der Waals surface area contributed by atoms with Gasteiger partial charge in [-0.1, -0.05) is 6.07 Å². The monoisotopic (exact) mass is 562 g/mol. The third-order valence-corrected chi connectivity index (χ3v) is 8.19. The van der Waals surface area contributed by atoms with Crippen LogP contribution in [0.25, 0.3) is 0 Å². The molecule has 1 atom stereocenters. The second kappa shape index (κ2) is 11.3. The number of nitrogens with one attached hydrogen (secondary N) is 1. The van der Waals surface area contributed by atoms with Crippen molar-refractivity contribution >= 4 is 27.6 Å². The standard InChI is InChI=1S/C26H28F2N4O6S/c1-16-11-23(20(27)13-21(16)29-18-9-10-31(15-18)26(33)34)39(35,36)32(25-6-4-5-24(28)30-25)14-17-7-8-19(37-2)12-22(17)38-3/h4-8,11-13,18,29H,9-10,14-15H2,1-3H3,(H,33,34)/t18-/m0/s1. The van der Waals surface area contributed by atoms with E-state index in [0.717, 1.165) is 16.4 Å².